The highest BCUT2D eigenvalue weighted by atomic mass is 31.2. The molecule has 0 fully saturated rings. The van der Waals surface area contributed by atoms with Crippen molar-refractivity contribution >= 4 is 13.7 Å². The van der Waals surface area contributed by atoms with Crippen LogP contribution in [0.2, 0.25) is 0 Å². The first-order valence-electron chi connectivity index (χ1n) is 20.5. The maximum absolute atomic E-state index is 12.7. The van der Waals surface area contributed by atoms with Crippen molar-refractivity contribution in [2.75, 3.05) is 19.8 Å². The molecule has 1 amide bonds. The van der Waals surface area contributed by atoms with Gasteiger partial charge in [-0.2, -0.15) is 0 Å². The van der Waals surface area contributed by atoms with E-state index < -0.39 is 38.6 Å². The molecule has 0 saturated carbocycles. The molecule has 0 aliphatic carbocycles. The molecular formula is C40H79N2O7P. The van der Waals surface area contributed by atoms with Crippen LogP contribution >= 0.6 is 7.82 Å². The van der Waals surface area contributed by atoms with Crippen LogP contribution in [0.5, 0.6) is 0 Å². The minimum atomic E-state index is -4.39. The van der Waals surface area contributed by atoms with Crippen LogP contribution in [-0.2, 0) is 18.4 Å². The summed E-state index contributed by atoms with van der Waals surface area (Å²) < 4.78 is 21.9. The van der Waals surface area contributed by atoms with Gasteiger partial charge in [-0.05, 0) is 25.7 Å². The summed E-state index contributed by atoms with van der Waals surface area (Å²) in [6.07, 6.45) is 37.2. The number of allylic oxidation sites excluding steroid dienone is 3. The zero-order chi connectivity index (χ0) is 37.0. The van der Waals surface area contributed by atoms with E-state index in [2.05, 4.69) is 31.3 Å². The fraction of sp³-hybridized carbons (Fsp3) is 0.875. The van der Waals surface area contributed by atoms with E-state index in [1.165, 1.54) is 109 Å². The Labute approximate surface area is 307 Å². The molecule has 0 aromatic heterocycles. The Bertz CT molecular complexity index is 858. The zero-order valence-corrected chi connectivity index (χ0v) is 33.1. The third-order valence-electron chi connectivity index (χ3n) is 9.08. The molecule has 0 radical (unpaired) electrons. The lowest BCUT2D eigenvalue weighted by molar-refractivity contribution is -0.124. The Morgan fingerprint density at radius 2 is 1.14 bits per heavy atom. The van der Waals surface area contributed by atoms with E-state index in [0.29, 0.717) is 12.8 Å². The number of hydrogen-bond donors (Lipinski definition) is 5. The SMILES string of the molecule is CCCC/C=C/CC/C=C/C(O)C(COP(=O)(O)OCCN)NC(=O)CC(O)CCCCCCCCCCCCCCCCCCCCCC. The van der Waals surface area contributed by atoms with Crippen LogP contribution in [0, 0.1) is 0 Å². The first kappa shape index (κ1) is 48.9. The van der Waals surface area contributed by atoms with Crippen LogP contribution in [0.15, 0.2) is 24.3 Å². The van der Waals surface area contributed by atoms with Crippen molar-refractivity contribution in [3.05, 3.63) is 24.3 Å². The van der Waals surface area contributed by atoms with Gasteiger partial charge in [-0.25, -0.2) is 4.57 Å². The van der Waals surface area contributed by atoms with Crippen LogP contribution in [-0.4, -0.2) is 59.0 Å². The van der Waals surface area contributed by atoms with E-state index in [1.54, 1.807) is 6.08 Å². The topological polar surface area (TPSA) is 151 Å². The molecular weight excluding hydrogens is 651 g/mol. The number of nitrogens with one attached hydrogen (secondary N) is 1. The predicted octanol–water partition coefficient (Wildman–Crippen LogP) is 9.97. The summed E-state index contributed by atoms with van der Waals surface area (Å²) in [7, 11) is -4.39. The number of carbonyl (C=O) groups excluding carboxylic acids is 1. The number of aliphatic hydroxyl groups excluding tert-OH is 2. The van der Waals surface area contributed by atoms with Crippen molar-refractivity contribution in [1.82, 2.24) is 5.32 Å². The summed E-state index contributed by atoms with van der Waals surface area (Å²) in [6, 6.07) is -0.993. The van der Waals surface area contributed by atoms with Gasteiger partial charge < -0.3 is 26.2 Å². The van der Waals surface area contributed by atoms with Gasteiger partial charge in [0.2, 0.25) is 5.91 Å². The number of phosphoric ester groups is 1. The van der Waals surface area contributed by atoms with Crippen LogP contribution in [0.1, 0.15) is 187 Å². The van der Waals surface area contributed by atoms with Crippen LogP contribution in [0.25, 0.3) is 0 Å². The van der Waals surface area contributed by atoms with Gasteiger partial charge in [0, 0.05) is 6.54 Å². The van der Waals surface area contributed by atoms with E-state index in [-0.39, 0.29) is 19.6 Å². The van der Waals surface area contributed by atoms with Crippen molar-refractivity contribution in [2.45, 2.75) is 205 Å². The zero-order valence-electron chi connectivity index (χ0n) is 32.3. The van der Waals surface area contributed by atoms with Crippen molar-refractivity contribution in [3.63, 3.8) is 0 Å². The second-order valence-corrected chi connectivity index (χ2v) is 15.5. The number of aliphatic hydroxyl groups is 2. The number of nitrogens with two attached hydrogens (primary N) is 1. The fourth-order valence-corrected chi connectivity index (χ4v) is 6.70. The highest BCUT2D eigenvalue weighted by molar-refractivity contribution is 7.47. The van der Waals surface area contributed by atoms with Gasteiger partial charge in [-0.1, -0.05) is 179 Å². The second kappa shape index (κ2) is 36.3. The Hall–Kier alpha value is -1.06. The molecule has 0 heterocycles. The number of phosphoric acid groups is 1. The lowest BCUT2D eigenvalue weighted by atomic mass is 10.0. The standard InChI is InChI=1S/C40H79N2O7P/c1-3-5-7-9-11-13-14-15-16-17-18-19-20-21-22-23-24-25-27-29-31-37(43)35-40(45)42-38(36-49-50(46,47)48-34-33-41)39(44)32-30-28-26-12-10-8-6-4-2/h10,12,30,32,37-39,43-44H,3-9,11,13-29,31,33-36,41H2,1-2H3,(H,42,45)(H,46,47)/b12-10+,32-30+. The molecule has 0 aliphatic heterocycles. The van der Waals surface area contributed by atoms with Gasteiger partial charge in [0.15, 0.2) is 0 Å². The number of rotatable bonds is 38. The number of amides is 1. The Morgan fingerprint density at radius 1 is 0.680 bits per heavy atom. The lowest BCUT2D eigenvalue weighted by Gasteiger charge is -2.24. The highest BCUT2D eigenvalue weighted by Gasteiger charge is 2.27. The molecule has 0 spiro atoms. The quantitative estimate of drug-likeness (QED) is 0.0239. The van der Waals surface area contributed by atoms with Crippen LogP contribution in [0.4, 0.5) is 0 Å². The maximum atomic E-state index is 12.7. The average molecular weight is 731 g/mol. The van der Waals surface area contributed by atoms with Crippen molar-refractivity contribution in [1.29, 1.82) is 0 Å². The molecule has 0 rings (SSSR count). The average Bonchev–Trinajstić information content (AvgIpc) is 3.09. The summed E-state index contributed by atoms with van der Waals surface area (Å²) in [5.41, 5.74) is 5.33. The predicted molar refractivity (Wildman–Crippen MR) is 209 cm³/mol. The molecule has 6 N–H and O–H groups in total. The van der Waals surface area contributed by atoms with Crippen molar-refractivity contribution in [2.24, 2.45) is 5.73 Å². The van der Waals surface area contributed by atoms with Gasteiger partial charge in [0.25, 0.3) is 0 Å². The first-order chi connectivity index (χ1) is 24.3. The van der Waals surface area contributed by atoms with Gasteiger partial charge in [0.05, 0.1) is 37.9 Å². The number of unbranched alkanes of at least 4 members (excludes halogenated alkanes) is 22. The molecule has 0 aliphatic rings. The fourth-order valence-electron chi connectivity index (χ4n) is 5.94. The summed E-state index contributed by atoms with van der Waals surface area (Å²) >= 11 is 0. The smallest absolute Gasteiger partial charge is 0.393 e. The Morgan fingerprint density at radius 3 is 1.64 bits per heavy atom. The summed E-state index contributed by atoms with van der Waals surface area (Å²) in [5.74, 6) is -0.457. The van der Waals surface area contributed by atoms with Gasteiger partial charge in [-0.15, -0.1) is 0 Å². The monoisotopic (exact) mass is 731 g/mol. The van der Waals surface area contributed by atoms with E-state index in [9.17, 15) is 24.5 Å². The summed E-state index contributed by atoms with van der Waals surface area (Å²) in [6.45, 7) is 3.87. The molecule has 0 aromatic rings. The third-order valence-corrected chi connectivity index (χ3v) is 10.1. The summed E-state index contributed by atoms with van der Waals surface area (Å²) in [4.78, 5) is 22.6. The molecule has 0 saturated heterocycles. The minimum absolute atomic E-state index is 0.0454. The molecule has 9 nitrogen and oxygen atoms in total. The van der Waals surface area contributed by atoms with Crippen LogP contribution in [0.3, 0.4) is 0 Å². The molecule has 50 heavy (non-hydrogen) atoms. The maximum Gasteiger partial charge on any atom is 0.472 e. The Kier molecular flexibility index (Phi) is 35.5. The van der Waals surface area contributed by atoms with E-state index in [1.807, 2.05) is 6.08 Å². The Balaban J connectivity index is 4.14. The van der Waals surface area contributed by atoms with Gasteiger partial charge in [0.1, 0.15) is 0 Å². The van der Waals surface area contributed by atoms with Crippen molar-refractivity contribution in [3.8, 4) is 0 Å². The third kappa shape index (κ3) is 34.0. The molecule has 296 valence electrons. The van der Waals surface area contributed by atoms with Crippen molar-refractivity contribution < 1.29 is 33.5 Å². The van der Waals surface area contributed by atoms with E-state index >= 15 is 0 Å². The number of carbonyl (C=O) groups is 1. The lowest BCUT2D eigenvalue weighted by Crippen LogP contribution is -2.46. The van der Waals surface area contributed by atoms with E-state index in [4.69, 9.17) is 14.8 Å². The molecule has 10 heteroatoms. The first-order valence-corrected chi connectivity index (χ1v) is 22.0. The van der Waals surface area contributed by atoms with Crippen LogP contribution < -0.4 is 11.1 Å². The summed E-state index contributed by atoms with van der Waals surface area (Å²) in [5, 5.41) is 23.9. The van der Waals surface area contributed by atoms with Gasteiger partial charge >= 0.3 is 7.82 Å². The molecule has 4 unspecified atom stereocenters. The largest absolute Gasteiger partial charge is 0.472 e. The molecule has 0 aromatic carbocycles. The molecule has 4 atom stereocenters. The highest BCUT2D eigenvalue weighted by Crippen LogP contribution is 2.43. The molecule has 0 bridgehead atoms. The van der Waals surface area contributed by atoms with Gasteiger partial charge in [-0.3, -0.25) is 13.8 Å². The van der Waals surface area contributed by atoms with E-state index in [0.717, 1.165) is 44.9 Å². The normalized spacial score (nSPS) is 15.1. The second-order valence-electron chi connectivity index (χ2n) is 14.0. The minimum Gasteiger partial charge on any atom is -0.393 e. The number of hydrogen-bond acceptors (Lipinski definition) is 7.